The minimum Gasteiger partial charge on any atom is -0.0616 e. The van der Waals surface area contributed by atoms with Crippen molar-refractivity contribution in [2.24, 2.45) is 0 Å². The lowest BCUT2D eigenvalue weighted by Gasteiger charge is -2.50. The molecule has 0 spiro atoms. The van der Waals surface area contributed by atoms with Crippen LogP contribution in [0.5, 0.6) is 0 Å². The minimum atomic E-state index is 0.228. The van der Waals surface area contributed by atoms with Crippen LogP contribution in [0, 0.1) is 0 Å². The molecule has 6 aliphatic carbocycles. The second-order valence-corrected chi connectivity index (χ2v) is 13.2. The number of hydrogen-bond acceptors (Lipinski definition) is 0. The fourth-order valence-electron chi connectivity index (χ4n) is 9.36. The monoisotopic (exact) mass is 556 g/mol. The van der Waals surface area contributed by atoms with Gasteiger partial charge in [-0.2, -0.15) is 0 Å². The average Bonchev–Trinajstić information content (AvgIpc) is 3.06. The molecule has 204 valence electrons. The Balaban J connectivity index is 1.35. The number of hydrogen-bond donors (Lipinski definition) is 0. The van der Waals surface area contributed by atoms with Gasteiger partial charge in [-0.3, -0.25) is 0 Å². The van der Waals surface area contributed by atoms with E-state index in [9.17, 15) is 0 Å². The maximum Gasteiger partial charge on any atom is 0.0205 e. The Kier molecular flexibility index (Phi) is 4.36. The predicted molar refractivity (Wildman–Crippen MR) is 183 cm³/mol. The highest BCUT2D eigenvalue weighted by Crippen LogP contribution is 2.65. The van der Waals surface area contributed by atoms with E-state index in [2.05, 4.69) is 146 Å². The molecule has 8 aromatic rings. The van der Waals surface area contributed by atoms with Crippen LogP contribution in [0.3, 0.4) is 0 Å². The van der Waals surface area contributed by atoms with Crippen molar-refractivity contribution in [3.63, 3.8) is 0 Å². The smallest absolute Gasteiger partial charge is 0.0205 e. The Labute approximate surface area is 256 Å². The summed E-state index contributed by atoms with van der Waals surface area (Å²) in [6, 6.07) is 56.2. The van der Waals surface area contributed by atoms with Gasteiger partial charge in [-0.15, -0.1) is 0 Å². The van der Waals surface area contributed by atoms with E-state index in [1.165, 1.54) is 87.6 Å². The highest BCUT2D eigenvalue weighted by atomic mass is 14.5. The van der Waals surface area contributed by atoms with Gasteiger partial charge in [-0.1, -0.05) is 146 Å². The summed E-state index contributed by atoms with van der Waals surface area (Å²) in [6.07, 6.45) is 0. The van der Waals surface area contributed by atoms with Crippen LogP contribution in [0.25, 0.3) is 43.1 Å². The summed E-state index contributed by atoms with van der Waals surface area (Å²) in [6.45, 7) is 0. The van der Waals surface area contributed by atoms with Crippen LogP contribution in [-0.2, 0) is 0 Å². The molecule has 0 aliphatic heterocycles. The maximum atomic E-state index is 2.54. The first-order chi connectivity index (χ1) is 21.8. The summed E-state index contributed by atoms with van der Waals surface area (Å²) in [5.41, 5.74) is 12.1. The molecule has 0 N–H and O–H groups in total. The largest absolute Gasteiger partial charge is 0.0616 e. The molecule has 0 unspecified atom stereocenters. The zero-order valence-electron chi connectivity index (χ0n) is 24.2. The van der Waals surface area contributed by atoms with Gasteiger partial charge in [0.1, 0.15) is 0 Å². The van der Waals surface area contributed by atoms with Gasteiger partial charge in [0, 0.05) is 23.7 Å². The molecule has 0 saturated carbocycles. The molecule has 0 aromatic heterocycles. The number of rotatable bonds is 0. The molecular formula is C44H28. The zero-order chi connectivity index (χ0) is 28.5. The zero-order valence-corrected chi connectivity index (χ0v) is 24.2. The molecule has 14 rings (SSSR count). The van der Waals surface area contributed by atoms with Gasteiger partial charge in [0.25, 0.3) is 0 Å². The molecule has 0 atom stereocenters. The van der Waals surface area contributed by atoms with Gasteiger partial charge in [0.15, 0.2) is 0 Å². The summed E-state index contributed by atoms with van der Waals surface area (Å²) in [4.78, 5) is 0. The maximum absolute atomic E-state index is 2.54. The van der Waals surface area contributed by atoms with Crippen LogP contribution in [-0.4, -0.2) is 0 Å². The molecular weight excluding hydrogens is 528 g/mol. The van der Waals surface area contributed by atoms with E-state index in [0.29, 0.717) is 0 Å². The van der Waals surface area contributed by atoms with Crippen molar-refractivity contribution in [2.75, 3.05) is 0 Å². The first kappa shape index (κ1) is 23.3. The van der Waals surface area contributed by atoms with E-state index in [1.54, 1.807) is 0 Å². The molecule has 0 saturated heterocycles. The fraction of sp³-hybridized carbons (Fsp3) is 0.0909. The van der Waals surface area contributed by atoms with Gasteiger partial charge in [-0.25, -0.2) is 0 Å². The van der Waals surface area contributed by atoms with E-state index < -0.39 is 0 Å². The van der Waals surface area contributed by atoms with Crippen LogP contribution in [0.15, 0.2) is 146 Å². The Morgan fingerprint density at radius 1 is 0.205 bits per heavy atom. The third-order valence-electron chi connectivity index (χ3n) is 11.2. The van der Waals surface area contributed by atoms with Gasteiger partial charge >= 0.3 is 0 Å². The van der Waals surface area contributed by atoms with Crippen molar-refractivity contribution in [3.8, 4) is 0 Å². The van der Waals surface area contributed by atoms with Crippen LogP contribution in [0.1, 0.15) is 68.2 Å². The van der Waals surface area contributed by atoms with E-state index in [4.69, 9.17) is 0 Å². The van der Waals surface area contributed by atoms with Crippen LogP contribution in [0.4, 0.5) is 0 Å². The van der Waals surface area contributed by atoms with Crippen LogP contribution in [0.2, 0.25) is 0 Å². The molecule has 8 aromatic carbocycles. The third-order valence-corrected chi connectivity index (χ3v) is 11.2. The lowest BCUT2D eigenvalue weighted by atomic mass is 9.52. The first-order valence-electron chi connectivity index (χ1n) is 15.9. The van der Waals surface area contributed by atoms with Gasteiger partial charge in [-0.05, 0) is 87.6 Å². The van der Waals surface area contributed by atoms with Crippen molar-refractivity contribution in [2.45, 2.75) is 23.7 Å². The first-order valence-corrected chi connectivity index (χ1v) is 15.9. The summed E-state index contributed by atoms with van der Waals surface area (Å²) >= 11 is 0. The van der Waals surface area contributed by atoms with Gasteiger partial charge in [0.2, 0.25) is 0 Å². The van der Waals surface area contributed by atoms with Gasteiger partial charge < -0.3 is 0 Å². The SMILES string of the molecule is c1ccc2cc3c(cc2c1)C1c2cc4ccccc4cc2C3C2c3cc4ccccc4cc3C1c1cc3ccccc3cc12. The summed E-state index contributed by atoms with van der Waals surface area (Å²) in [7, 11) is 0. The Morgan fingerprint density at radius 3 is 0.477 bits per heavy atom. The molecule has 0 fully saturated rings. The van der Waals surface area contributed by atoms with E-state index in [0.717, 1.165) is 0 Å². The second kappa shape index (κ2) is 8.24. The van der Waals surface area contributed by atoms with E-state index >= 15 is 0 Å². The Morgan fingerprint density at radius 2 is 0.341 bits per heavy atom. The summed E-state index contributed by atoms with van der Waals surface area (Å²) in [5.74, 6) is 0.913. The van der Waals surface area contributed by atoms with Crippen molar-refractivity contribution in [1.29, 1.82) is 0 Å². The number of benzene rings is 8. The summed E-state index contributed by atoms with van der Waals surface area (Å²) in [5, 5.41) is 10.7. The quantitative estimate of drug-likeness (QED) is 0.174. The average molecular weight is 557 g/mol. The molecule has 0 amide bonds. The molecule has 4 bridgehead atoms. The van der Waals surface area contributed by atoms with Gasteiger partial charge in [0.05, 0.1) is 0 Å². The standard InChI is InChI=1S/C44H28/c1-2-10-26-18-34-33(17-25(26)9-1)41-35-19-27-11-3-4-12-28(27)20-36(35)42(34)44-39-23-31-15-7-5-13-29(31)21-37(39)43(41)38-22-30-14-6-8-16-32(30)24-40(38)44/h1-24,41-44H. The molecule has 0 nitrogen and oxygen atoms in total. The van der Waals surface area contributed by atoms with Crippen molar-refractivity contribution in [3.05, 3.63) is 190 Å². The fourth-order valence-corrected chi connectivity index (χ4v) is 9.36. The topological polar surface area (TPSA) is 0 Å². The van der Waals surface area contributed by atoms with Crippen LogP contribution < -0.4 is 0 Å². The molecule has 0 heterocycles. The second-order valence-electron chi connectivity index (χ2n) is 13.2. The Bertz CT molecular complexity index is 2010. The normalized spacial score (nSPS) is 20.7. The van der Waals surface area contributed by atoms with E-state index in [-0.39, 0.29) is 23.7 Å². The van der Waals surface area contributed by atoms with Crippen molar-refractivity contribution in [1.82, 2.24) is 0 Å². The summed E-state index contributed by atoms with van der Waals surface area (Å²) < 4.78 is 0. The van der Waals surface area contributed by atoms with Crippen molar-refractivity contribution >= 4 is 43.1 Å². The van der Waals surface area contributed by atoms with Crippen LogP contribution >= 0.6 is 0 Å². The molecule has 6 aliphatic rings. The van der Waals surface area contributed by atoms with E-state index in [1.807, 2.05) is 0 Å². The lowest BCUT2D eigenvalue weighted by molar-refractivity contribution is 0.532. The Hall–Kier alpha value is -5.20. The molecule has 0 radical (unpaired) electrons. The highest BCUT2D eigenvalue weighted by molar-refractivity contribution is 5.92. The molecule has 0 heteroatoms. The number of fused-ring (bicyclic) bond motifs is 4. The lowest BCUT2D eigenvalue weighted by Crippen LogP contribution is -2.35. The molecule has 44 heavy (non-hydrogen) atoms. The highest BCUT2D eigenvalue weighted by Gasteiger charge is 2.50. The minimum absolute atomic E-state index is 0.228. The predicted octanol–water partition coefficient (Wildman–Crippen LogP) is 11.2. The van der Waals surface area contributed by atoms with Crippen molar-refractivity contribution < 1.29 is 0 Å². The third kappa shape index (κ3) is 2.93.